The van der Waals surface area contributed by atoms with Crippen LogP contribution in [0.15, 0.2) is 30.6 Å². The van der Waals surface area contributed by atoms with E-state index < -0.39 is 5.97 Å². The quantitative estimate of drug-likeness (QED) is 0.754. The van der Waals surface area contributed by atoms with Crippen LogP contribution >= 0.6 is 0 Å². The summed E-state index contributed by atoms with van der Waals surface area (Å²) in [4.78, 5) is 14.6. The smallest absolute Gasteiger partial charge is 0.328 e. The lowest BCUT2D eigenvalue weighted by Gasteiger charge is -1.95. The summed E-state index contributed by atoms with van der Waals surface area (Å²) in [6.45, 7) is 1.92. The van der Waals surface area contributed by atoms with Crippen LogP contribution in [0.25, 0.3) is 11.7 Å². The first kappa shape index (κ1) is 9.45. The molecule has 0 unspecified atom stereocenters. The SMILES string of the molecule is Cc1cn2cc(/C=C/C(=O)O)ccc2n1. The van der Waals surface area contributed by atoms with Crippen LogP contribution < -0.4 is 0 Å². The molecule has 0 aliphatic heterocycles. The minimum absolute atomic E-state index is 0.835. The van der Waals surface area contributed by atoms with Gasteiger partial charge in [-0.3, -0.25) is 0 Å². The average molecular weight is 202 g/mol. The van der Waals surface area contributed by atoms with Crippen molar-refractivity contribution >= 4 is 17.7 Å². The molecule has 2 aromatic rings. The van der Waals surface area contributed by atoms with E-state index in [0.29, 0.717) is 0 Å². The highest BCUT2D eigenvalue weighted by molar-refractivity contribution is 5.85. The van der Waals surface area contributed by atoms with E-state index in [1.54, 1.807) is 6.08 Å². The van der Waals surface area contributed by atoms with E-state index in [0.717, 1.165) is 23.0 Å². The zero-order valence-electron chi connectivity index (χ0n) is 8.21. The number of imidazole rings is 1. The lowest BCUT2D eigenvalue weighted by atomic mass is 10.2. The van der Waals surface area contributed by atoms with Crippen molar-refractivity contribution in [2.45, 2.75) is 6.92 Å². The van der Waals surface area contributed by atoms with Gasteiger partial charge in [0.25, 0.3) is 0 Å². The van der Waals surface area contributed by atoms with Gasteiger partial charge in [-0.25, -0.2) is 9.78 Å². The van der Waals surface area contributed by atoms with Gasteiger partial charge in [-0.05, 0) is 30.7 Å². The van der Waals surface area contributed by atoms with Gasteiger partial charge in [0, 0.05) is 18.5 Å². The van der Waals surface area contributed by atoms with Crippen LogP contribution in [0.4, 0.5) is 0 Å². The summed E-state index contributed by atoms with van der Waals surface area (Å²) in [7, 11) is 0. The van der Waals surface area contributed by atoms with Crippen LogP contribution in [-0.4, -0.2) is 20.5 Å². The van der Waals surface area contributed by atoms with E-state index >= 15 is 0 Å². The molecule has 0 bridgehead atoms. The molecule has 15 heavy (non-hydrogen) atoms. The second kappa shape index (κ2) is 3.57. The number of hydrogen-bond acceptors (Lipinski definition) is 2. The number of hydrogen-bond donors (Lipinski definition) is 1. The number of pyridine rings is 1. The highest BCUT2D eigenvalue weighted by Gasteiger charge is 1.97. The minimum atomic E-state index is -0.947. The molecule has 0 saturated heterocycles. The molecule has 4 nitrogen and oxygen atoms in total. The lowest BCUT2D eigenvalue weighted by molar-refractivity contribution is -0.131. The number of aryl methyl sites for hydroxylation is 1. The summed E-state index contributed by atoms with van der Waals surface area (Å²) >= 11 is 0. The molecule has 0 saturated carbocycles. The third kappa shape index (κ3) is 2.04. The predicted octanol–water partition coefficient (Wildman–Crippen LogP) is 1.74. The first-order chi connectivity index (χ1) is 7.15. The van der Waals surface area contributed by atoms with Gasteiger partial charge in [-0.1, -0.05) is 0 Å². The van der Waals surface area contributed by atoms with Crippen molar-refractivity contribution in [1.29, 1.82) is 0 Å². The number of nitrogens with zero attached hydrogens (tertiary/aromatic N) is 2. The normalized spacial score (nSPS) is 11.3. The number of fused-ring (bicyclic) bond motifs is 1. The number of aliphatic carboxylic acids is 1. The molecule has 2 heterocycles. The Morgan fingerprint density at radius 1 is 1.47 bits per heavy atom. The average Bonchev–Trinajstić information content (AvgIpc) is 2.53. The molecule has 0 spiro atoms. The molecule has 2 rings (SSSR count). The predicted molar refractivity (Wildman–Crippen MR) is 56.6 cm³/mol. The summed E-state index contributed by atoms with van der Waals surface area (Å²) in [5.41, 5.74) is 2.64. The number of rotatable bonds is 2. The third-order valence-electron chi connectivity index (χ3n) is 2.01. The summed E-state index contributed by atoms with van der Waals surface area (Å²) < 4.78 is 1.87. The van der Waals surface area contributed by atoms with E-state index in [1.807, 2.05) is 35.9 Å². The maximum Gasteiger partial charge on any atom is 0.328 e. The minimum Gasteiger partial charge on any atom is -0.478 e. The van der Waals surface area contributed by atoms with E-state index in [1.165, 1.54) is 0 Å². The molecule has 0 aliphatic rings. The molecule has 1 N–H and O–H groups in total. The fraction of sp³-hybridized carbons (Fsp3) is 0.0909. The van der Waals surface area contributed by atoms with Crippen LogP contribution in [-0.2, 0) is 4.79 Å². The second-order valence-electron chi connectivity index (χ2n) is 3.28. The Kier molecular flexibility index (Phi) is 2.25. The monoisotopic (exact) mass is 202 g/mol. The van der Waals surface area contributed by atoms with Crippen molar-refractivity contribution in [2.75, 3.05) is 0 Å². The Hall–Kier alpha value is -2.10. The van der Waals surface area contributed by atoms with Gasteiger partial charge in [0.05, 0.1) is 5.69 Å². The van der Waals surface area contributed by atoms with Crippen molar-refractivity contribution in [3.63, 3.8) is 0 Å². The molecule has 0 atom stereocenters. The number of carbonyl (C=O) groups is 1. The Labute approximate surface area is 86.5 Å². The van der Waals surface area contributed by atoms with Gasteiger partial charge in [0.15, 0.2) is 0 Å². The number of carboxylic acids is 1. The Morgan fingerprint density at radius 2 is 2.27 bits per heavy atom. The number of aromatic nitrogens is 2. The fourth-order valence-electron chi connectivity index (χ4n) is 1.40. The standard InChI is InChI=1S/C11H10N2O2/c1-8-6-13-7-9(3-5-11(14)15)2-4-10(13)12-8/h2-7H,1H3,(H,14,15)/b5-3+. The molecule has 4 heteroatoms. The zero-order chi connectivity index (χ0) is 10.8. The fourth-order valence-corrected chi connectivity index (χ4v) is 1.40. The highest BCUT2D eigenvalue weighted by atomic mass is 16.4. The van der Waals surface area contributed by atoms with Crippen LogP contribution in [0.2, 0.25) is 0 Å². The Bertz CT molecular complexity index is 541. The summed E-state index contributed by atoms with van der Waals surface area (Å²) in [6.07, 6.45) is 6.41. The summed E-state index contributed by atoms with van der Waals surface area (Å²) in [5, 5.41) is 8.49. The first-order valence-electron chi connectivity index (χ1n) is 4.51. The van der Waals surface area contributed by atoms with Gasteiger partial charge < -0.3 is 9.51 Å². The van der Waals surface area contributed by atoms with Crippen LogP contribution in [0.5, 0.6) is 0 Å². The Morgan fingerprint density at radius 3 is 3.00 bits per heavy atom. The van der Waals surface area contributed by atoms with E-state index in [4.69, 9.17) is 5.11 Å². The molecule has 0 fully saturated rings. The van der Waals surface area contributed by atoms with Crippen molar-refractivity contribution in [3.8, 4) is 0 Å². The maximum absolute atomic E-state index is 10.3. The van der Waals surface area contributed by atoms with Gasteiger partial charge >= 0.3 is 5.97 Å². The van der Waals surface area contributed by atoms with E-state index in [-0.39, 0.29) is 0 Å². The molecule has 0 radical (unpaired) electrons. The van der Waals surface area contributed by atoms with Crippen molar-refractivity contribution < 1.29 is 9.90 Å². The highest BCUT2D eigenvalue weighted by Crippen LogP contribution is 2.08. The van der Waals surface area contributed by atoms with Crippen molar-refractivity contribution in [2.24, 2.45) is 0 Å². The molecule has 76 valence electrons. The van der Waals surface area contributed by atoms with E-state index in [9.17, 15) is 4.79 Å². The van der Waals surface area contributed by atoms with Crippen LogP contribution in [0.3, 0.4) is 0 Å². The topological polar surface area (TPSA) is 54.6 Å². The second-order valence-corrected chi connectivity index (χ2v) is 3.28. The molecular formula is C11H10N2O2. The Balaban J connectivity index is 2.42. The summed E-state index contributed by atoms with van der Waals surface area (Å²) in [6, 6.07) is 3.69. The molecule has 0 amide bonds. The van der Waals surface area contributed by atoms with Crippen molar-refractivity contribution in [3.05, 3.63) is 41.9 Å². The first-order valence-corrected chi connectivity index (χ1v) is 4.51. The lowest BCUT2D eigenvalue weighted by Crippen LogP contribution is -1.87. The number of carboxylic acid groups (broad SMARTS) is 1. The largest absolute Gasteiger partial charge is 0.478 e. The summed E-state index contributed by atoms with van der Waals surface area (Å²) in [5.74, 6) is -0.947. The van der Waals surface area contributed by atoms with Crippen LogP contribution in [0, 0.1) is 6.92 Å². The molecule has 2 aromatic heterocycles. The van der Waals surface area contributed by atoms with Gasteiger partial charge in [0.2, 0.25) is 0 Å². The van der Waals surface area contributed by atoms with Gasteiger partial charge in [-0.15, -0.1) is 0 Å². The van der Waals surface area contributed by atoms with E-state index in [2.05, 4.69) is 4.98 Å². The van der Waals surface area contributed by atoms with Crippen molar-refractivity contribution in [1.82, 2.24) is 9.38 Å². The third-order valence-corrected chi connectivity index (χ3v) is 2.01. The van der Waals surface area contributed by atoms with Gasteiger partial charge in [-0.2, -0.15) is 0 Å². The molecule has 0 aromatic carbocycles. The van der Waals surface area contributed by atoms with Gasteiger partial charge in [0.1, 0.15) is 5.65 Å². The molecular weight excluding hydrogens is 192 g/mol. The maximum atomic E-state index is 10.3. The van der Waals surface area contributed by atoms with Crippen LogP contribution in [0.1, 0.15) is 11.3 Å². The molecule has 0 aliphatic carbocycles. The zero-order valence-corrected chi connectivity index (χ0v) is 8.21.